The van der Waals surface area contributed by atoms with Gasteiger partial charge in [0.15, 0.2) is 0 Å². The predicted molar refractivity (Wildman–Crippen MR) is 37.0 cm³/mol. The van der Waals surface area contributed by atoms with Crippen LogP contribution in [-0.4, -0.2) is 19.0 Å². The van der Waals surface area contributed by atoms with Crippen LogP contribution in [0.4, 0.5) is 0 Å². The lowest BCUT2D eigenvalue weighted by atomic mass is 10.2. The number of nitrogens with two attached hydrogens (primary N) is 1. The van der Waals surface area contributed by atoms with E-state index in [1.807, 2.05) is 6.92 Å². The van der Waals surface area contributed by atoms with Gasteiger partial charge in [0.1, 0.15) is 0 Å². The van der Waals surface area contributed by atoms with Crippen molar-refractivity contribution in [2.45, 2.75) is 25.8 Å². The molecule has 3 nitrogen and oxygen atoms in total. The Labute approximate surface area is 55.6 Å². The monoisotopic (exact) mass is 130 g/mol. The van der Waals surface area contributed by atoms with Gasteiger partial charge in [-0.2, -0.15) is 0 Å². The number of rotatable bonds is 3. The molecular weight excluding hydrogens is 116 g/mol. The highest BCUT2D eigenvalue weighted by Crippen LogP contribution is 1.91. The third kappa shape index (κ3) is 3.97. The van der Waals surface area contributed by atoms with Gasteiger partial charge in [-0.1, -0.05) is 6.92 Å². The van der Waals surface area contributed by atoms with Crippen LogP contribution in [0.5, 0.6) is 0 Å². The Morgan fingerprint density at radius 3 is 2.67 bits per heavy atom. The quantitative estimate of drug-likeness (QED) is 0.558. The average Bonchev–Trinajstić information content (AvgIpc) is 1.87. The summed E-state index contributed by atoms with van der Waals surface area (Å²) >= 11 is 0. The molecule has 0 aromatic heterocycles. The second kappa shape index (κ2) is 4.32. The third-order valence-electron chi connectivity index (χ3n) is 1.25. The summed E-state index contributed by atoms with van der Waals surface area (Å²) in [7, 11) is 1.62. The number of carbonyl (C=O) groups is 1. The normalized spacial score (nSPS) is 12.8. The average molecular weight is 130 g/mol. The molecule has 0 aliphatic carbocycles. The highest BCUT2D eigenvalue weighted by atomic mass is 16.1. The SMILES string of the molecule is CCC(N)CC(=O)NC. The first-order chi connectivity index (χ1) is 4.20. The molecule has 0 aliphatic heterocycles. The van der Waals surface area contributed by atoms with Gasteiger partial charge in [-0.25, -0.2) is 0 Å². The fourth-order valence-corrected chi connectivity index (χ4v) is 0.485. The van der Waals surface area contributed by atoms with Crippen molar-refractivity contribution >= 4 is 5.91 Å². The molecule has 0 saturated carbocycles. The van der Waals surface area contributed by atoms with E-state index in [0.717, 1.165) is 6.42 Å². The van der Waals surface area contributed by atoms with E-state index in [-0.39, 0.29) is 11.9 Å². The van der Waals surface area contributed by atoms with E-state index in [1.54, 1.807) is 7.05 Å². The van der Waals surface area contributed by atoms with Gasteiger partial charge in [0.25, 0.3) is 0 Å². The van der Waals surface area contributed by atoms with Gasteiger partial charge in [-0.05, 0) is 6.42 Å². The Balaban J connectivity index is 3.34. The van der Waals surface area contributed by atoms with E-state index >= 15 is 0 Å². The van der Waals surface area contributed by atoms with Crippen molar-refractivity contribution in [3.05, 3.63) is 0 Å². The fraction of sp³-hybridized carbons (Fsp3) is 0.833. The van der Waals surface area contributed by atoms with Crippen molar-refractivity contribution in [3.63, 3.8) is 0 Å². The standard InChI is InChI=1S/C6H14N2O/c1-3-5(7)4-6(9)8-2/h5H,3-4,7H2,1-2H3,(H,8,9). The summed E-state index contributed by atoms with van der Waals surface area (Å²) in [6, 6.07) is 0.0185. The van der Waals surface area contributed by atoms with Gasteiger partial charge in [0, 0.05) is 19.5 Å². The fourth-order valence-electron chi connectivity index (χ4n) is 0.485. The van der Waals surface area contributed by atoms with Gasteiger partial charge in [-0.3, -0.25) is 4.79 Å². The van der Waals surface area contributed by atoms with Crippen molar-refractivity contribution in [3.8, 4) is 0 Å². The highest BCUT2D eigenvalue weighted by Gasteiger charge is 2.03. The molecule has 9 heavy (non-hydrogen) atoms. The van der Waals surface area contributed by atoms with Crippen LogP contribution in [0.15, 0.2) is 0 Å². The summed E-state index contributed by atoms with van der Waals surface area (Å²) in [6.07, 6.45) is 1.29. The molecule has 3 heteroatoms. The molecule has 3 N–H and O–H groups in total. The van der Waals surface area contributed by atoms with Crippen molar-refractivity contribution in [1.29, 1.82) is 0 Å². The van der Waals surface area contributed by atoms with Crippen LogP contribution >= 0.6 is 0 Å². The topological polar surface area (TPSA) is 55.1 Å². The van der Waals surface area contributed by atoms with Crippen LogP contribution in [0.3, 0.4) is 0 Å². The molecule has 0 heterocycles. The van der Waals surface area contributed by atoms with E-state index in [2.05, 4.69) is 5.32 Å². The Bertz CT molecular complexity index is 93.1. The van der Waals surface area contributed by atoms with Gasteiger partial charge >= 0.3 is 0 Å². The molecule has 0 fully saturated rings. The maximum absolute atomic E-state index is 10.6. The molecule has 0 radical (unpaired) electrons. The van der Waals surface area contributed by atoms with E-state index in [1.165, 1.54) is 0 Å². The molecule has 1 amide bonds. The summed E-state index contributed by atoms with van der Waals surface area (Å²) < 4.78 is 0. The predicted octanol–water partition coefficient (Wildman–Crippen LogP) is -0.140. The van der Waals surface area contributed by atoms with Gasteiger partial charge in [-0.15, -0.1) is 0 Å². The van der Waals surface area contributed by atoms with Crippen LogP contribution in [0.25, 0.3) is 0 Å². The first kappa shape index (κ1) is 8.43. The Hall–Kier alpha value is -0.570. The van der Waals surface area contributed by atoms with Crippen LogP contribution < -0.4 is 11.1 Å². The largest absolute Gasteiger partial charge is 0.359 e. The number of nitrogens with one attached hydrogen (secondary N) is 1. The zero-order chi connectivity index (χ0) is 7.28. The van der Waals surface area contributed by atoms with E-state index < -0.39 is 0 Å². The van der Waals surface area contributed by atoms with Crippen LogP contribution in [0, 0.1) is 0 Å². The summed E-state index contributed by atoms with van der Waals surface area (Å²) in [5.41, 5.74) is 5.49. The lowest BCUT2D eigenvalue weighted by Gasteiger charge is -2.05. The Morgan fingerprint density at radius 2 is 2.33 bits per heavy atom. The minimum atomic E-state index is 0.0179. The molecule has 54 valence electrons. The van der Waals surface area contributed by atoms with E-state index in [0.29, 0.717) is 6.42 Å². The highest BCUT2D eigenvalue weighted by molar-refractivity contribution is 5.76. The van der Waals surface area contributed by atoms with Gasteiger partial charge < -0.3 is 11.1 Å². The lowest BCUT2D eigenvalue weighted by molar-refractivity contribution is -0.120. The molecule has 0 saturated heterocycles. The minimum Gasteiger partial charge on any atom is -0.359 e. The molecular formula is C6H14N2O. The zero-order valence-corrected chi connectivity index (χ0v) is 5.98. The maximum atomic E-state index is 10.6. The van der Waals surface area contributed by atoms with Crippen molar-refractivity contribution < 1.29 is 4.79 Å². The zero-order valence-electron chi connectivity index (χ0n) is 5.98. The second-order valence-electron chi connectivity index (χ2n) is 2.05. The van der Waals surface area contributed by atoms with E-state index in [4.69, 9.17) is 5.73 Å². The van der Waals surface area contributed by atoms with Crippen molar-refractivity contribution in [2.75, 3.05) is 7.05 Å². The molecule has 0 aliphatic rings. The lowest BCUT2D eigenvalue weighted by Crippen LogP contribution is -2.28. The maximum Gasteiger partial charge on any atom is 0.221 e. The molecule has 0 aromatic carbocycles. The summed E-state index contributed by atoms with van der Waals surface area (Å²) in [5, 5.41) is 2.51. The first-order valence-electron chi connectivity index (χ1n) is 3.16. The molecule has 1 unspecified atom stereocenters. The third-order valence-corrected chi connectivity index (χ3v) is 1.25. The number of amides is 1. The summed E-state index contributed by atoms with van der Waals surface area (Å²) in [6.45, 7) is 1.97. The van der Waals surface area contributed by atoms with Crippen LogP contribution in [0.1, 0.15) is 19.8 Å². The Morgan fingerprint density at radius 1 is 1.78 bits per heavy atom. The van der Waals surface area contributed by atoms with Crippen molar-refractivity contribution in [1.82, 2.24) is 5.32 Å². The minimum absolute atomic E-state index is 0.0179. The number of carbonyl (C=O) groups excluding carboxylic acids is 1. The number of hydrogen-bond donors (Lipinski definition) is 2. The number of hydrogen-bond acceptors (Lipinski definition) is 2. The Kier molecular flexibility index (Phi) is 4.05. The van der Waals surface area contributed by atoms with Crippen LogP contribution in [0.2, 0.25) is 0 Å². The molecule has 0 aromatic rings. The molecule has 0 rings (SSSR count). The molecule has 0 bridgehead atoms. The second-order valence-corrected chi connectivity index (χ2v) is 2.05. The summed E-state index contributed by atoms with van der Waals surface area (Å²) in [5.74, 6) is 0.0179. The van der Waals surface area contributed by atoms with Crippen LogP contribution in [-0.2, 0) is 4.79 Å². The van der Waals surface area contributed by atoms with Gasteiger partial charge in [0.2, 0.25) is 5.91 Å². The first-order valence-corrected chi connectivity index (χ1v) is 3.16. The smallest absolute Gasteiger partial charge is 0.221 e. The molecule has 0 spiro atoms. The van der Waals surface area contributed by atoms with E-state index in [9.17, 15) is 4.79 Å². The molecule has 1 atom stereocenters. The van der Waals surface area contributed by atoms with Gasteiger partial charge in [0.05, 0.1) is 0 Å². The van der Waals surface area contributed by atoms with Crippen molar-refractivity contribution in [2.24, 2.45) is 5.73 Å². The summed E-state index contributed by atoms with van der Waals surface area (Å²) in [4.78, 5) is 10.6.